The number of aromatic nitrogens is 1. The second-order valence-corrected chi connectivity index (χ2v) is 7.12. The summed E-state index contributed by atoms with van der Waals surface area (Å²) < 4.78 is 2.17. The summed E-state index contributed by atoms with van der Waals surface area (Å²) in [5.41, 5.74) is 7.35. The van der Waals surface area contributed by atoms with Crippen LogP contribution in [0.1, 0.15) is 18.9 Å². The fraction of sp³-hybridized carbons (Fsp3) is 0.308. The number of hydrogen-bond acceptors (Lipinski definition) is 4. The van der Waals surface area contributed by atoms with Crippen molar-refractivity contribution in [1.29, 1.82) is 0 Å². The highest BCUT2D eigenvalue weighted by Crippen LogP contribution is 2.33. The van der Waals surface area contributed by atoms with Gasteiger partial charge in [-0.3, -0.25) is 0 Å². The van der Waals surface area contributed by atoms with Crippen LogP contribution in [0.2, 0.25) is 0 Å². The Bertz CT molecular complexity index is 500. The van der Waals surface area contributed by atoms with Crippen molar-refractivity contribution in [3.05, 3.63) is 39.8 Å². The highest BCUT2D eigenvalue weighted by molar-refractivity contribution is 9.10. The molecular weight excluding hydrogens is 328 g/mol. The van der Waals surface area contributed by atoms with Gasteiger partial charge >= 0.3 is 0 Å². The maximum absolute atomic E-state index is 6.06. The topological polar surface area (TPSA) is 38.9 Å². The molecule has 2 rings (SSSR count). The minimum absolute atomic E-state index is 0.218. The average molecular weight is 343 g/mol. The van der Waals surface area contributed by atoms with Crippen LogP contribution in [0.4, 0.5) is 0 Å². The molecule has 0 aliphatic carbocycles. The maximum Gasteiger partial charge on any atom is 0.154 e. The minimum atomic E-state index is 0.218. The maximum atomic E-state index is 6.06. The van der Waals surface area contributed by atoms with Crippen LogP contribution >= 0.6 is 39.0 Å². The molecule has 0 spiro atoms. The Morgan fingerprint density at radius 1 is 1.50 bits per heavy atom. The van der Waals surface area contributed by atoms with Crippen LogP contribution in [-0.2, 0) is 6.42 Å². The highest BCUT2D eigenvalue weighted by Gasteiger charge is 2.10. The Labute approximate surface area is 124 Å². The summed E-state index contributed by atoms with van der Waals surface area (Å²) in [4.78, 5) is 5.56. The van der Waals surface area contributed by atoms with Crippen LogP contribution in [0.5, 0.6) is 0 Å². The normalized spacial score (nSPS) is 12.6. The SMILES string of the molecule is CCC(N)Cc1cc(Br)ccc1Sc1nccs1. The molecule has 5 heteroatoms. The van der Waals surface area contributed by atoms with Gasteiger partial charge in [-0.15, -0.1) is 11.3 Å². The lowest BCUT2D eigenvalue weighted by Crippen LogP contribution is -2.21. The van der Waals surface area contributed by atoms with E-state index in [0.717, 1.165) is 21.7 Å². The molecular formula is C13H15BrN2S2. The molecule has 1 atom stereocenters. The molecule has 0 aliphatic heterocycles. The standard InChI is InChI=1S/C13H15BrN2S2/c1-2-11(15)8-9-7-10(14)3-4-12(9)18-13-16-5-6-17-13/h3-7,11H,2,8,15H2,1H3. The van der Waals surface area contributed by atoms with E-state index in [2.05, 4.69) is 46.0 Å². The van der Waals surface area contributed by atoms with Crippen molar-refractivity contribution in [1.82, 2.24) is 4.98 Å². The Morgan fingerprint density at radius 2 is 2.33 bits per heavy atom. The third kappa shape index (κ3) is 3.82. The van der Waals surface area contributed by atoms with Crippen LogP contribution in [0.15, 0.2) is 43.5 Å². The molecule has 18 heavy (non-hydrogen) atoms. The number of benzene rings is 1. The van der Waals surface area contributed by atoms with E-state index in [1.165, 1.54) is 10.5 Å². The molecule has 0 saturated heterocycles. The van der Waals surface area contributed by atoms with Gasteiger partial charge in [-0.05, 0) is 36.6 Å². The molecule has 1 unspecified atom stereocenters. The van der Waals surface area contributed by atoms with Crippen molar-refractivity contribution in [2.75, 3.05) is 0 Å². The summed E-state index contributed by atoms with van der Waals surface area (Å²) in [5, 5.41) is 2.00. The van der Waals surface area contributed by atoms with Crippen molar-refractivity contribution in [3.63, 3.8) is 0 Å². The second-order valence-electron chi connectivity index (χ2n) is 4.02. The molecule has 1 heterocycles. The van der Waals surface area contributed by atoms with E-state index in [0.29, 0.717) is 0 Å². The molecule has 1 aromatic carbocycles. The van der Waals surface area contributed by atoms with E-state index >= 15 is 0 Å². The van der Waals surface area contributed by atoms with Crippen LogP contribution < -0.4 is 5.73 Å². The molecule has 1 aromatic heterocycles. The number of nitrogens with two attached hydrogens (primary N) is 1. The summed E-state index contributed by atoms with van der Waals surface area (Å²) in [6.07, 6.45) is 3.74. The zero-order chi connectivity index (χ0) is 13.0. The van der Waals surface area contributed by atoms with Crippen LogP contribution in [-0.4, -0.2) is 11.0 Å². The second kappa shape index (κ2) is 6.70. The Hall–Kier alpha value is -0.360. The molecule has 0 radical (unpaired) electrons. The van der Waals surface area contributed by atoms with Crippen LogP contribution in [0.3, 0.4) is 0 Å². The van der Waals surface area contributed by atoms with E-state index < -0.39 is 0 Å². The summed E-state index contributed by atoms with van der Waals surface area (Å²) >= 11 is 6.90. The Balaban J connectivity index is 2.22. The molecule has 0 bridgehead atoms. The van der Waals surface area contributed by atoms with Crippen molar-refractivity contribution in [2.45, 2.75) is 35.0 Å². The fourth-order valence-corrected chi connectivity index (χ4v) is 3.70. The van der Waals surface area contributed by atoms with Crippen molar-refractivity contribution >= 4 is 39.0 Å². The Kier molecular flexibility index (Phi) is 5.24. The fourth-order valence-electron chi connectivity index (χ4n) is 1.59. The van der Waals surface area contributed by atoms with Crippen molar-refractivity contribution in [3.8, 4) is 0 Å². The summed E-state index contributed by atoms with van der Waals surface area (Å²) in [6, 6.07) is 6.57. The lowest BCUT2D eigenvalue weighted by atomic mass is 10.1. The van der Waals surface area contributed by atoms with Gasteiger partial charge in [0.05, 0.1) is 0 Å². The van der Waals surface area contributed by atoms with E-state index in [4.69, 9.17) is 5.73 Å². The first-order valence-electron chi connectivity index (χ1n) is 5.80. The molecule has 0 saturated carbocycles. The summed E-state index contributed by atoms with van der Waals surface area (Å²) in [6.45, 7) is 2.12. The first kappa shape index (κ1) is 14.1. The van der Waals surface area contributed by atoms with Crippen LogP contribution in [0.25, 0.3) is 0 Å². The van der Waals surface area contributed by atoms with E-state index in [9.17, 15) is 0 Å². The van der Waals surface area contributed by atoms with E-state index in [1.54, 1.807) is 23.1 Å². The quantitative estimate of drug-likeness (QED) is 0.878. The highest BCUT2D eigenvalue weighted by atomic mass is 79.9. The smallest absolute Gasteiger partial charge is 0.154 e. The lowest BCUT2D eigenvalue weighted by molar-refractivity contribution is 0.641. The number of thiazole rings is 1. The predicted octanol–water partition coefficient (Wildman–Crippen LogP) is 4.34. The molecule has 2 nitrogen and oxygen atoms in total. The zero-order valence-corrected chi connectivity index (χ0v) is 13.3. The predicted molar refractivity (Wildman–Crippen MR) is 82.3 cm³/mol. The molecule has 0 aliphatic rings. The van der Waals surface area contributed by atoms with Gasteiger partial charge in [0.1, 0.15) is 0 Å². The number of halogens is 1. The monoisotopic (exact) mass is 342 g/mol. The van der Waals surface area contributed by atoms with Gasteiger partial charge in [0.2, 0.25) is 0 Å². The third-order valence-corrected chi connectivity index (χ3v) is 5.13. The minimum Gasteiger partial charge on any atom is -0.327 e. The first-order valence-corrected chi connectivity index (χ1v) is 8.29. The van der Waals surface area contributed by atoms with E-state index in [1.807, 2.05) is 11.6 Å². The van der Waals surface area contributed by atoms with Gasteiger partial charge in [0, 0.05) is 27.0 Å². The van der Waals surface area contributed by atoms with Gasteiger partial charge < -0.3 is 5.73 Å². The van der Waals surface area contributed by atoms with Crippen LogP contribution in [0, 0.1) is 0 Å². The number of hydrogen-bond donors (Lipinski definition) is 1. The first-order chi connectivity index (χ1) is 8.69. The molecule has 96 valence electrons. The Morgan fingerprint density at radius 3 is 3.00 bits per heavy atom. The van der Waals surface area contributed by atoms with Crippen molar-refractivity contribution < 1.29 is 0 Å². The van der Waals surface area contributed by atoms with Crippen molar-refractivity contribution in [2.24, 2.45) is 5.73 Å². The van der Waals surface area contributed by atoms with Gasteiger partial charge in [-0.1, -0.05) is 34.6 Å². The van der Waals surface area contributed by atoms with Gasteiger partial charge in [0.15, 0.2) is 4.34 Å². The molecule has 0 amide bonds. The third-order valence-electron chi connectivity index (χ3n) is 2.64. The summed E-state index contributed by atoms with van der Waals surface area (Å²) in [7, 11) is 0. The molecule has 2 aromatic rings. The average Bonchev–Trinajstić information content (AvgIpc) is 2.85. The molecule has 0 fully saturated rings. The number of rotatable bonds is 5. The van der Waals surface area contributed by atoms with Gasteiger partial charge in [-0.25, -0.2) is 4.98 Å². The summed E-state index contributed by atoms with van der Waals surface area (Å²) in [5.74, 6) is 0. The zero-order valence-electron chi connectivity index (χ0n) is 10.1. The molecule has 2 N–H and O–H groups in total. The number of nitrogens with zero attached hydrogens (tertiary/aromatic N) is 1. The largest absolute Gasteiger partial charge is 0.327 e. The van der Waals surface area contributed by atoms with Gasteiger partial charge in [0.25, 0.3) is 0 Å². The lowest BCUT2D eigenvalue weighted by Gasteiger charge is -2.12. The van der Waals surface area contributed by atoms with E-state index in [-0.39, 0.29) is 6.04 Å². The van der Waals surface area contributed by atoms with Gasteiger partial charge in [-0.2, -0.15) is 0 Å².